The first-order chi connectivity index (χ1) is 17.1. The van der Waals surface area contributed by atoms with Crippen LogP contribution in [0.15, 0.2) is 0 Å². The number of nitrogens with two attached hydrogens (primary N) is 1. The first-order valence-electron chi connectivity index (χ1n) is 12.9. The number of hydrogen-bond donors (Lipinski definition) is 5. The van der Waals surface area contributed by atoms with Gasteiger partial charge in [-0.25, -0.2) is 9.59 Å². The fourth-order valence-electron chi connectivity index (χ4n) is 3.86. The van der Waals surface area contributed by atoms with Crippen molar-refractivity contribution in [3.8, 4) is 0 Å². The van der Waals surface area contributed by atoms with Crippen LogP contribution in [0.4, 0.5) is 0 Å². The van der Waals surface area contributed by atoms with Crippen molar-refractivity contribution in [3.05, 3.63) is 0 Å². The molecular formula is C23H41N4O8P. The number of hydrogen-bond acceptors (Lipinski definition) is 9. The molecule has 1 heterocycles. The minimum atomic E-state index is -4.57. The number of unbranched alkanes of at least 4 members (excludes halogenated alkanes) is 2. The molecule has 0 spiro atoms. The molecule has 13 heteroatoms. The van der Waals surface area contributed by atoms with E-state index >= 15 is 0 Å². The highest BCUT2D eigenvalue weighted by Gasteiger charge is 2.40. The van der Waals surface area contributed by atoms with Crippen molar-refractivity contribution in [2.75, 3.05) is 13.1 Å². The van der Waals surface area contributed by atoms with Gasteiger partial charge >= 0.3 is 19.5 Å². The summed E-state index contributed by atoms with van der Waals surface area (Å²) in [5, 5.41) is 8.21. The Bertz CT molecular complexity index is 816. The molecule has 4 unspecified atom stereocenters. The van der Waals surface area contributed by atoms with Crippen LogP contribution in [0.1, 0.15) is 78.1 Å². The molecule has 2 aliphatic rings. The standard InChI is InChI=1S/C23H41N4O8P/c1-3-4-10-19(27-21(29)17(8-5-6-13-24)26-20(28)16-11-12-16)36(32,33)35-15(2)22(30)34-23(31)18-9-7-14-25-18/h15-19,25H,3-14,24H2,1-2H3,(H,26,28)(H,27,29)(H,32,33)/t15?,17?,18-,19?/m0/s1. The molecule has 206 valence electrons. The van der Waals surface area contributed by atoms with Crippen LogP contribution in [0.2, 0.25) is 0 Å². The first-order valence-corrected chi connectivity index (χ1v) is 14.5. The summed E-state index contributed by atoms with van der Waals surface area (Å²) in [5.41, 5.74) is 5.54. The Morgan fingerprint density at radius 2 is 1.83 bits per heavy atom. The predicted octanol–water partition coefficient (Wildman–Crippen LogP) is 1.06. The Kier molecular flexibility index (Phi) is 12.5. The fraction of sp³-hybridized carbons (Fsp3) is 0.826. The van der Waals surface area contributed by atoms with Crippen LogP contribution < -0.4 is 21.7 Å². The molecule has 0 aromatic rings. The molecule has 0 aromatic heterocycles. The molecule has 2 fully saturated rings. The third-order valence-electron chi connectivity index (χ3n) is 6.25. The number of carbonyl (C=O) groups excluding carboxylic acids is 4. The van der Waals surface area contributed by atoms with Crippen molar-refractivity contribution in [2.24, 2.45) is 11.7 Å². The van der Waals surface area contributed by atoms with Gasteiger partial charge in [0.25, 0.3) is 0 Å². The summed E-state index contributed by atoms with van der Waals surface area (Å²) < 4.78 is 23.1. The number of amides is 2. The van der Waals surface area contributed by atoms with Gasteiger partial charge in [-0.1, -0.05) is 19.8 Å². The SMILES string of the molecule is CCCCC(NC(=O)C(CCCCN)NC(=O)C1CC1)P(=O)(O)OC(C)C(=O)OC(=O)[C@@H]1CCCN1. The molecule has 1 aliphatic carbocycles. The summed E-state index contributed by atoms with van der Waals surface area (Å²) >= 11 is 0. The van der Waals surface area contributed by atoms with Crippen molar-refractivity contribution >= 4 is 31.3 Å². The first kappa shape index (κ1) is 30.4. The van der Waals surface area contributed by atoms with Gasteiger partial charge in [0.2, 0.25) is 11.8 Å². The Morgan fingerprint density at radius 3 is 2.42 bits per heavy atom. The molecule has 0 radical (unpaired) electrons. The van der Waals surface area contributed by atoms with Crippen molar-refractivity contribution < 1.29 is 37.9 Å². The van der Waals surface area contributed by atoms with Gasteiger partial charge in [-0.3, -0.25) is 18.7 Å². The average molecular weight is 533 g/mol. The zero-order chi connectivity index (χ0) is 26.7. The highest BCUT2D eigenvalue weighted by Crippen LogP contribution is 2.49. The molecule has 1 saturated carbocycles. The fourth-order valence-corrected chi connectivity index (χ4v) is 5.34. The predicted molar refractivity (Wildman–Crippen MR) is 132 cm³/mol. The number of ether oxygens (including phenoxy) is 1. The summed E-state index contributed by atoms with van der Waals surface area (Å²) in [6.45, 7) is 4.18. The van der Waals surface area contributed by atoms with Crippen LogP contribution >= 0.6 is 7.60 Å². The smallest absolute Gasteiger partial charge is 0.351 e. The number of esters is 2. The topological polar surface area (TPSA) is 186 Å². The molecule has 0 aromatic carbocycles. The Hall–Kier alpha value is -1.85. The molecule has 1 saturated heterocycles. The van der Waals surface area contributed by atoms with E-state index in [1.165, 1.54) is 6.92 Å². The van der Waals surface area contributed by atoms with Crippen LogP contribution in [0.3, 0.4) is 0 Å². The second-order valence-electron chi connectivity index (χ2n) is 9.49. The molecule has 6 N–H and O–H groups in total. The number of carbonyl (C=O) groups is 4. The van der Waals surface area contributed by atoms with E-state index in [4.69, 9.17) is 15.0 Å². The second-order valence-corrected chi connectivity index (χ2v) is 11.4. The largest absolute Gasteiger partial charge is 0.390 e. The Balaban J connectivity index is 2.03. The van der Waals surface area contributed by atoms with Gasteiger partial charge in [-0.15, -0.1) is 0 Å². The zero-order valence-electron chi connectivity index (χ0n) is 21.2. The third-order valence-corrected chi connectivity index (χ3v) is 8.04. The van der Waals surface area contributed by atoms with Gasteiger partial charge in [0.1, 0.15) is 17.9 Å². The molecule has 2 rings (SSSR count). The van der Waals surface area contributed by atoms with E-state index in [1.54, 1.807) is 0 Å². The summed E-state index contributed by atoms with van der Waals surface area (Å²) in [6, 6.07) is -1.48. The van der Waals surface area contributed by atoms with Crippen LogP contribution in [-0.2, 0) is 33.0 Å². The van der Waals surface area contributed by atoms with E-state index < -0.39 is 49.4 Å². The third kappa shape index (κ3) is 9.89. The zero-order valence-corrected chi connectivity index (χ0v) is 22.1. The molecule has 1 aliphatic heterocycles. The molecule has 2 amide bonds. The monoisotopic (exact) mass is 532 g/mol. The lowest BCUT2D eigenvalue weighted by Crippen LogP contribution is -2.50. The van der Waals surface area contributed by atoms with E-state index in [-0.39, 0.29) is 18.2 Å². The van der Waals surface area contributed by atoms with Crippen LogP contribution in [-0.4, -0.2) is 65.7 Å². The maximum absolute atomic E-state index is 13.1. The summed E-state index contributed by atoms with van der Waals surface area (Å²) in [7, 11) is -4.57. The van der Waals surface area contributed by atoms with E-state index in [0.717, 1.165) is 19.3 Å². The highest BCUT2D eigenvalue weighted by molar-refractivity contribution is 7.53. The van der Waals surface area contributed by atoms with Crippen molar-refractivity contribution in [1.29, 1.82) is 0 Å². The van der Waals surface area contributed by atoms with Crippen molar-refractivity contribution in [1.82, 2.24) is 16.0 Å². The normalized spacial score (nSPS) is 21.6. The van der Waals surface area contributed by atoms with Gasteiger partial charge in [0.05, 0.1) is 0 Å². The maximum Gasteiger partial charge on any atom is 0.351 e. The summed E-state index contributed by atoms with van der Waals surface area (Å²) in [5.74, 6) is -4.07. The Labute approximate surface area is 212 Å². The van der Waals surface area contributed by atoms with E-state index in [1.807, 2.05) is 6.92 Å². The minimum absolute atomic E-state index is 0.105. The van der Waals surface area contributed by atoms with Crippen molar-refractivity contribution in [2.45, 2.75) is 102 Å². The van der Waals surface area contributed by atoms with Crippen LogP contribution in [0.25, 0.3) is 0 Å². The maximum atomic E-state index is 13.1. The lowest BCUT2D eigenvalue weighted by atomic mass is 10.1. The molecule has 36 heavy (non-hydrogen) atoms. The minimum Gasteiger partial charge on any atom is -0.390 e. The molecule has 12 nitrogen and oxygen atoms in total. The molecular weight excluding hydrogens is 491 g/mol. The van der Waals surface area contributed by atoms with Gasteiger partial charge in [0, 0.05) is 5.92 Å². The van der Waals surface area contributed by atoms with Crippen molar-refractivity contribution in [3.63, 3.8) is 0 Å². The summed E-state index contributed by atoms with van der Waals surface area (Å²) in [4.78, 5) is 60.4. The van der Waals surface area contributed by atoms with Gasteiger partial charge < -0.3 is 31.3 Å². The second kappa shape index (κ2) is 14.8. The van der Waals surface area contributed by atoms with Gasteiger partial charge in [-0.05, 0) is 71.4 Å². The van der Waals surface area contributed by atoms with E-state index in [9.17, 15) is 28.6 Å². The lowest BCUT2D eigenvalue weighted by molar-refractivity contribution is -0.165. The Morgan fingerprint density at radius 1 is 1.11 bits per heavy atom. The molecule has 0 bridgehead atoms. The van der Waals surface area contributed by atoms with Gasteiger partial charge in [-0.2, -0.15) is 0 Å². The van der Waals surface area contributed by atoms with Crippen LogP contribution in [0, 0.1) is 5.92 Å². The lowest BCUT2D eigenvalue weighted by Gasteiger charge is -2.27. The molecule has 5 atom stereocenters. The number of rotatable bonds is 16. The van der Waals surface area contributed by atoms with Gasteiger partial charge in [0.15, 0.2) is 6.10 Å². The average Bonchev–Trinajstić information content (AvgIpc) is 3.54. The van der Waals surface area contributed by atoms with E-state index in [2.05, 4.69) is 16.0 Å². The van der Waals surface area contributed by atoms with Crippen LogP contribution in [0.5, 0.6) is 0 Å². The van der Waals surface area contributed by atoms with E-state index in [0.29, 0.717) is 51.6 Å². The highest BCUT2D eigenvalue weighted by atomic mass is 31.2. The number of nitrogens with one attached hydrogen (secondary N) is 3. The quantitative estimate of drug-likeness (QED) is 0.0832. The summed E-state index contributed by atoms with van der Waals surface area (Å²) in [6.07, 6.45) is 4.26.